The molecule has 1 aromatic heterocycles. The number of alkyl halides is 3. The number of rotatable bonds is 6. The number of nitrogens with one attached hydrogen (secondary N) is 2. The van der Waals surface area contributed by atoms with Crippen molar-refractivity contribution in [2.24, 2.45) is 10.9 Å². The number of hydrogen-bond donors (Lipinski definition) is 2. The third-order valence-corrected chi connectivity index (χ3v) is 5.71. The van der Waals surface area contributed by atoms with Crippen molar-refractivity contribution < 1.29 is 17.9 Å². The van der Waals surface area contributed by atoms with Gasteiger partial charge in [-0.1, -0.05) is 30.3 Å². The van der Waals surface area contributed by atoms with E-state index in [0.29, 0.717) is 36.4 Å². The van der Waals surface area contributed by atoms with Gasteiger partial charge < -0.3 is 15.4 Å². The van der Waals surface area contributed by atoms with Crippen molar-refractivity contribution in [1.82, 2.24) is 15.6 Å². The van der Waals surface area contributed by atoms with Gasteiger partial charge in [0.25, 0.3) is 0 Å². The third kappa shape index (κ3) is 7.09. The average Bonchev–Trinajstić information content (AvgIpc) is 3.21. The van der Waals surface area contributed by atoms with E-state index < -0.39 is 11.9 Å². The topological polar surface area (TPSA) is 58.5 Å². The average molecular weight is 554 g/mol. The lowest BCUT2D eigenvalue weighted by Crippen LogP contribution is -2.42. The molecule has 1 aliphatic heterocycles. The smallest absolute Gasteiger partial charge is 0.373 e. The fourth-order valence-electron chi connectivity index (χ4n) is 3.36. The molecular weight excluding hydrogens is 528 g/mol. The van der Waals surface area contributed by atoms with Crippen LogP contribution < -0.4 is 10.6 Å². The Hall–Kier alpha value is -1.40. The molecule has 5 nitrogen and oxygen atoms in total. The van der Waals surface area contributed by atoms with Crippen LogP contribution >= 0.6 is 35.3 Å². The highest BCUT2D eigenvalue weighted by Gasteiger charge is 2.33. The normalized spacial score (nSPS) is 19.8. The quantitative estimate of drug-likeness (QED) is 0.310. The number of guanidine groups is 1. The maximum absolute atomic E-state index is 12.6. The third-order valence-electron chi connectivity index (χ3n) is 4.80. The van der Waals surface area contributed by atoms with Gasteiger partial charge in [-0.15, -0.1) is 35.3 Å². The maximum atomic E-state index is 12.6. The zero-order valence-corrected chi connectivity index (χ0v) is 19.8. The molecule has 0 spiro atoms. The molecule has 1 aromatic carbocycles. The van der Waals surface area contributed by atoms with Crippen molar-refractivity contribution in [3.05, 3.63) is 52.0 Å². The van der Waals surface area contributed by atoms with E-state index in [1.807, 2.05) is 18.2 Å². The monoisotopic (exact) mass is 554 g/mol. The Labute approximate surface area is 195 Å². The second kappa shape index (κ2) is 11.8. The minimum absolute atomic E-state index is 0. The number of ether oxygens (including phenoxy) is 1. The van der Waals surface area contributed by atoms with Gasteiger partial charge in [-0.05, 0) is 18.4 Å². The Morgan fingerprint density at radius 3 is 2.70 bits per heavy atom. The lowest BCUT2D eigenvalue weighted by atomic mass is 9.89. The van der Waals surface area contributed by atoms with Crippen molar-refractivity contribution in [3.8, 4) is 0 Å². The van der Waals surface area contributed by atoms with E-state index in [0.717, 1.165) is 36.2 Å². The predicted octanol–water partition coefficient (Wildman–Crippen LogP) is 4.66. The summed E-state index contributed by atoms with van der Waals surface area (Å²) in [5.41, 5.74) is 0.343. The summed E-state index contributed by atoms with van der Waals surface area (Å²) in [6.07, 6.45) is -1.86. The van der Waals surface area contributed by atoms with Crippen molar-refractivity contribution in [3.63, 3.8) is 0 Å². The number of aliphatic imine (C=N–C) groups is 1. The minimum atomic E-state index is -4.39. The molecule has 2 heterocycles. The highest BCUT2D eigenvalue weighted by molar-refractivity contribution is 14.0. The van der Waals surface area contributed by atoms with Gasteiger partial charge in [0.05, 0.1) is 11.1 Å². The fourth-order valence-corrected chi connectivity index (χ4v) is 4.16. The second-order valence-electron chi connectivity index (χ2n) is 6.86. The van der Waals surface area contributed by atoms with E-state index in [9.17, 15) is 13.2 Å². The fraction of sp³-hybridized carbons (Fsp3) is 0.500. The Morgan fingerprint density at radius 1 is 1.27 bits per heavy atom. The lowest BCUT2D eigenvalue weighted by molar-refractivity contribution is -0.140. The largest absolute Gasteiger partial charge is 0.434 e. The van der Waals surface area contributed by atoms with Crippen LogP contribution in [0.4, 0.5) is 13.2 Å². The molecule has 0 saturated carbocycles. The van der Waals surface area contributed by atoms with E-state index in [1.165, 1.54) is 5.56 Å². The van der Waals surface area contributed by atoms with Gasteiger partial charge in [0.1, 0.15) is 0 Å². The Morgan fingerprint density at radius 2 is 2.03 bits per heavy atom. The van der Waals surface area contributed by atoms with Crippen molar-refractivity contribution in [2.75, 3.05) is 26.7 Å². The van der Waals surface area contributed by atoms with Gasteiger partial charge in [0, 0.05) is 44.5 Å². The Balaban J connectivity index is 0.00000320. The van der Waals surface area contributed by atoms with E-state index in [4.69, 9.17) is 4.74 Å². The van der Waals surface area contributed by atoms with Gasteiger partial charge in [0.2, 0.25) is 0 Å². The van der Waals surface area contributed by atoms with Crippen molar-refractivity contribution in [1.29, 1.82) is 0 Å². The van der Waals surface area contributed by atoms with Crippen LogP contribution in [0, 0.1) is 5.92 Å². The molecule has 1 aliphatic rings. The molecule has 166 valence electrons. The van der Waals surface area contributed by atoms with Crippen molar-refractivity contribution in [2.45, 2.75) is 31.5 Å². The van der Waals surface area contributed by atoms with E-state index in [-0.39, 0.29) is 30.1 Å². The van der Waals surface area contributed by atoms with E-state index in [1.54, 1.807) is 7.05 Å². The lowest BCUT2D eigenvalue weighted by Gasteiger charge is -2.32. The summed E-state index contributed by atoms with van der Waals surface area (Å²) in [6.45, 7) is 1.92. The number of halogens is 4. The van der Waals surface area contributed by atoms with Crippen LogP contribution in [0.5, 0.6) is 0 Å². The maximum Gasteiger partial charge on any atom is 0.434 e. The first-order valence-electron chi connectivity index (χ1n) is 9.60. The summed E-state index contributed by atoms with van der Waals surface area (Å²) >= 11 is 1.02. The SMILES string of the molecule is CN=C(NCCc1nc(C(F)(F)F)cs1)NCC1CCCOC1c1ccccc1.I. The molecule has 2 aromatic rings. The molecule has 0 radical (unpaired) electrons. The van der Waals surface area contributed by atoms with Gasteiger partial charge in [-0.2, -0.15) is 13.2 Å². The van der Waals surface area contributed by atoms with E-state index >= 15 is 0 Å². The van der Waals surface area contributed by atoms with E-state index in [2.05, 4.69) is 32.7 Å². The molecule has 2 N–H and O–H groups in total. The first-order chi connectivity index (χ1) is 14.0. The molecule has 0 aliphatic carbocycles. The summed E-state index contributed by atoms with van der Waals surface area (Å²) in [5, 5.41) is 7.96. The highest BCUT2D eigenvalue weighted by atomic mass is 127. The van der Waals surface area contributed by atoms with Crippen LogP contribution in [0.25, 0.3) is 0 Å². The van der Waals surface area contributed by atoms with Crippen LogP contribution in [0.3, 0.4) is 0 Å². The molecule has 30 heavy (non-hydrogen) atoms. The highest BCUT2D eigenvalue weighted by Crippen LogP contribution is 2.33. The van der Waals surface area contributed by atoms with Gasteiger partial charge in [-0.3, -0.25) is 4.99 Å². The number of aromatic nitrogens is 1. The van der Waals surface area contributed by atoms with Crippen LogP contribution in [-0.4, -0.2) is 37.7 Å². The molecule has 2 unspecified atom stereocenters. The van der Waals surface area contributed by atoms with Crippen LogP contribution in [0.15, 0.2) is 40.7 Å². The molecule has 0 amide bonds. The zero-order chi connectivity index (χ0) is 20.7. The standard InChI is InChI=1S/C20H25F3N4OS.HI/c1-24-19(25-10-9-17-27-16(13-29-17)20(21,22)23)26-12-15-8-5-11-28-18(15)14-6-3-2-4-7-14;/h2-4,6-7,13,15,18H,5,8-12H2,1H3,(H2,24,25,26);1H. The molecule has 10 heteroatoms. The molecular formula is C20H26F3IN4OS. The summed E-state index contributed by atoms with van der Waals surface area (Å²) in [5.74, 6) is 0.938. The first-order valence-corrected chi connectivity index (χ1v) is 10.5. The van der Waals surface area contributed by atoms with Gasteiger partial charge in [0.15, 0.2) is 11.7 Å². The molecule has 2 atom stereocenters. The number of nitrogens with zero attached hydrogens (tertiary/aromatic N) is 2. The van der Waals surface area contributed by atoms with Crippen molar-refractivity contribution >= 4 is 41.3 Å². The Kier molecular flexibility index (Phi) is 9.82. The first kappa shape index (κ1) is 24.9. The van der Waals surface area contributed by atoms with Gasteiger partial charge in [-0.25, -0.2) is 4.98 Å². The number of thiazole rings is 1. The summed E-state index contributed by atoms with van der Waals surface area (Å²) in [6, 6.07) is 10.2. The summed E-state index contributed by atoms with van der Waals surface area (Å²) < 4.78 is 43.9. The molecule has 1 fully saturated rings. The molecule has 1 saturated heterocycles. The molecule has 0 bridgehead atoms. The predicted molar refractivity (Wildman–Crippen MR) is 123 cm³/mol. The summed E-state index contributed by atoms with van der Waals surface area (Å²) in [4.78, 5) is 7.85. The number of hydrogen-bond acceptors (Lipinski definition) is 4. The Bertz CT molecular complexity index is 801. The zero-order valence-electron chi connectivity index (χ0n) is 16.6. The minimum Gasteiger partial charge on any atom is -0.373 e. The van der Waals surface area contributed by atoms with Crippen LogP contribution in [0.2, 0.25) is 0 Å². The molecule has 3 rings (SSSR count). The number of benzene rings is 1. The van der Waals surface area contributed by atoms with Crippen LogP contribution in [0.1, 0.15) is 35.2 Å². The second-order valence-corrected chi connectivity index (χ2v) is 7.80. The van der Waals surface area contributed by atoms with Crippen LogP contribution in [-0.2, 0) is 17.3 Å². The summed E-state index contributed by atoms with van der Waals surface area (Å²) in [7, 11) is 1.67. The van der Waals surface area contributed by atoms with Gasteiger partial charge >= 0.3 is 6.18 Å².